The van der Waals surface area contributed by atoms with Crippen LogP contribution in [0.3, 0.4) is 0 Å². The Morgan fingerprint density at radius 3 is 2.65 bits per heavy atom. The summed E-state index contributed by atoms with van der Waals surface area (Å²) < 4.78 is 0. The van der Waals surface area contributed by atoms with E-state index in [4.69, 9.17) is 16.9 Å². The molecule has 100 valence electrons. The SMILES string of the molecule is N#Cc1ccc(N2CCCc3ccccc3C2)cc1Cl. The minimum atomic E-state index is 0.530. The van der Waals surface area contributed by atoms with E-state index in [9.17, 15) is 0 Å². The summed E-state index contributed by atoms with van der Waals surface area (Å²) in [7, 11) is 0. The lowest BCUT2D eigenvalue weighted by Gasteiger charge is -2.23. The summed E-state index contributed by atoms with van der Waals surface area (Å²) in [6.07, 6.45) is 2.26. The zero-order valence-corrected chi connectivity index (χ0v) is 11.9. The van der Waals surface area contributed by atoms with Crippen LogP contribution in [-0.4, -0.2) is 6.54 Å². The van der Waals surface area contributed by atoms with E-state index >= 15 is 0 Å². The van der Waals surface area contributed by atoms with Crippen LogP contribution < -0.4 is 4.90 Å². The predicted octanol–water partition coefficient (Wildman–Crippen LogP) is 4.16. The van der Waals surface area contributed by atoms with Crippen molar-refractivity contribution in [3.63, 3.8) is 0 Å². The average Bonchev–Trinajstić information content (AvgIpc) is 2.69. The fourth-order valence-electron chi connectivity index (χ4n) is 2.71. The highest BCUT2D eigenvalue weighted by Crippen LogP contribution is 2.27. The van der Waals surface area contributed by atoms with E-state index in [1.54, 1.807) is 6.07 Å². The topological polar surface area (TPSA) is 27.0 Å². The van der Waals surface area contributed by atoms with Crippen LogP contribution >= 0.6 is 11.6 Å². The second kappa shape index (κ2) is 5.56. The molecule has 0 spiro atoms. The van der Waals surface area contributed by atoms with Crippen molar-refractivity contribution in [3.05, 3.63) is 64.2 Å². The van der Waals surface area contributed by atoms with Crippen molar-refractivity contribution in [1.29, 1.82) is 5.26 Å². The number of fused-ring (bicyclic) bond motifs is 1. The summed E-state index contributed by atoms with van der Waals surface area (Å²) in [6, 6.07) is 16.4. The van der Waals surface area contributed by atoms with Crippen molar-refractivity contribution < 1.29 is 0 Å². The maximum atomic E-state index is 8.95. The first-order valence-corrected chi connectivity index (χ1v) is 7.17. The van der Waals surface area contributed by atoms with E-state index in [1.165, 1.54) is 11.1 Å². The lowest BCUT2D eigenvalue weighted by molar-refractivity contribution is 0.766. The van der Waals surface area contributed by atoms with E-state index in [0.29, 0.717) is 10.6 Å². The van der Waals surface area contributed by atoms with Crippen LogP contribution in [0.25, 0.3) is 0 Å². The highest BCUT2D eigenvalue weighted by atomic mass is 35.5. The number of nitriles is 1. The fourth-order valence-corrected chi connectivity index (χ4v) is 2.93. The van der Waals surface area contributed by atoms with Gasteiger partial charge in [-0.1, -0.05) is 35.9 Å². The van der Waals surface area contributed by atoms with Crippen molar-refractivity contribution in [1.82, 2.24) is 0 Å². The van der Waals surface area contributed by atoms with Gasteiger partial charge in [-0.3, -0.25) is 0 Å². The van der Waals surface area contributed by atoms with E-state index in [1.807, 2.05) is 12.1 Å². The first kappa shape index (κ1) is 13.0. The standard InChI is InChI=1S/C17H15ClN2/c18-17-10-16(8-7-14(17)11-19)20-9-3-6-13-4-1-2-5-15(13)12-20/h1-2,4-5,7-8,10H,3,6,9,12H2. The Morgan fingerprint density at radius 1 is 1.10 bits per heavy atom. The molecule has 0 N–H and O–H groups in total. The third-order valence-corrected chi connectivity index (χ3v) is 4.10. The number of nitrogens with zero attached hydrogens (tertiary/aromatic N) is 2. The minimum absolute atomic E-state index is 0.530. The smallest absolute Gasteiger partial charge is 0.101 e. The number of hydrogen-bond acceptors (Lipinski definition) is 2. The van der Waals surface area contributed by atoms with Crippen LogP contribution in [0.15, 0.2) is 42.5 Å². The number of anilines is 1. The molecule has 1 heterocycles. The van der Waals surface area contributed by atoms with E-state index < -0.39 is 0 Å². The highest BCUT2D eigenvalue weighted by Gasteiger charge is 2.15. The molecule has 0 bridgehead atoms. The molecule has 1 aliphatic rings. The normalized spacial score (nSPS) is 14.3. The molecule has 0 amide bonds. The Bertz CT molecular complexity index is 673. The third-order valence-electron chi connectivity index (χ3n) is 3.79. The van der Waals surface area contributed by atoms with Gasteiger partial charge < -0.3 is 4.90 Å². The van der Waals surface area contributed by atoms with Crippen LogP contribution in [0.4, 0.5) is 5.69 Å². The molecule has 2 nitrogen and oxygen atoms in total. The lowest BCUT2D eigenvalue weighted by Crippen LogP contribution is -2.22. The van der Waals surface area contributed by atoms with Crippen molar-refractivity contribution in [2.24, 2.45) is 0 Å². The van der Waals surface area contributed by atoms with Gasteiger partial charge in [0.25, 0.3) is 0 Å². The van der Waals surface area contributed by atoms with Gasteiger partial charge in [0.1, 0.15) is 6.07 Å². The third kappa shape index (κ3) is 2.50. The van der Waals surface area contributed by atoms with Gasteiger partial charge in [-0.05, 0) is 42.2 Å². The summed E-state index contributed by atoms with van der Waals surface area (Å²) in [4.78, 5) is 2.33. The Labute approximate surface area is 124 Å². The Morgan fingerprint density at radius 2 is 1.90 bits per heavy atom. The Hall–Kier alpha value is -1.98. The zero-order chi connectivity index (χ0) is 13.9. The largest absolute Gasteiger partial charge is 0.367 e. The summed E-state index contributed by atoms with van der Waals surface area (Å²) in [6.45, 7) is 1.91. The quantitative estimate of drug-likeness (QED) is 0.785. The molecule has 0 saturated carbocycles. The van der Waals surface area contributed by atoms with Gasteiger partial charge in [-0.25, -0.2) is 0 Å². The molecule has 20 heavy (non-hydrogen) atoms. The molecular weight excluding hydrogens is 268 g/mol. The molecule has 2 aromatic carbocycles. The first-order chi connectivity index (χ1) is 9.78. The molecule has 0 fully saturated rings. The van der Waals surface area contributed by atoms with Crippen LogP contribution in [0.1, 0.15) is 23.1 Å². The fraction of sp³-hybridized carbons (Fsp3) is 0.235. The van der Waals surface area contributed by atoms with Gasteiger partial charge in [-0.15, -0.1) is 0 Å². The molecule has 0 aromatic heterocycles. The molecule has 3 rings (SSSR count). The van der Waals surface area contributed by atoms with Crippen LogP contribution in [0, 0.1) is 11.3 Å². The van der Waals surface area contributed by atoms with Crippen LogP contribution in [-0.2, 0) is 13.0 Å². The van der Waals surface area contributed by atoms with Gasteiger partial charge in [0.15, 0.2) is 0 Å². The maximum Gasteiger partial charge on any atom is 0.101 e. The molecule has 3 heteroatoms. The number of hydrogen-bond donors (Lipinski definition) is 0. The number of halogens is 1. The van der Waals surface area contributed by atoms with Crippen molar-refractivity contribution in [2.75, 3.05) is 11.4 Å². The van der Waals surface area contributed by atoms with E-state index in [0.717, 1.165) is 31.6 Å². The molecule has 0 saturated heterocycles. The summed E-state index contributed by atoms with van der Waals surface area (Å²) >= 11 is 6.14. The highest BCUT2D eigenvalue weighted by molar-refractivity contribution is 6.32. The maximum absolute atomic E-state index is 8.95. The summed E-state index contributed by atoms with van der Waals surface area (Å²) in [5.74, 6) is 0. The van der Waals surface area contributed by atoms with Gasteiger partial charge in [0.2, 0.25) is 0 Å². The van der Waals surface area contributed by atoms with Crippen LogP contribution in [0.2, 0.25) is 5.02 Å². The second-order valence-electron chi connectivity index (χ2n) is 5.07. The first-order valence-electron chi connectivity index (χ1n) is 6.79. The summed E-state index contributed by atoms with van der Waals surface area (Å²) in [5, 5.41) is 9.48. The van der Waals surface area contributed by atoms with E-state index in [2.05, 4.69) is 35.2 Å². The van der Waals surface area contributed by atoms with E-state index in [-0.39, 0.29) is 0 Å². The van der Waals surface area contributed by atoms with Gasteiger partial charge in [0, 0.05) is 18.8 Å². The lowest BCUT2D eigenvalue weighted by atomic mass is 10.0. The monoisotopic (exact) mass is 282 g/mol. The number of aryl methyl sites for hydroxylation is 1. The van der Waals surface area contributed by atoms with Gasteiger partial charge >= 0.3 is 0 Å². The molecular formula is C17H15ClN2. The van der Waals surface area contributed by atoms with Crippen molar-refractivity contribution >= 4 is 17.3 Å². The van der Waals surface area contributed by atoms with Crippen molar-refractivity contribution in [3.8, 4) is 6.07 Å². The molecule has 0 radical (unpaired) electrons. The van der Waals surface area contributed by atoms with Crippen LogP contribution in [0.5, 0.6) is 0 Å². The molecule has 0 atom stereocenters. The van der Waals surface area contributed by atoms with Gasteiger partial charge in [-0.2, -0.15) is 5.26 Å². The molecule has 0 unspecified atom stereocenters. The molecule has 1 aliphatic heterocycles. The minimum Gasteiger partial charge on any atom is -0.367 e. The van der Waals surface area contributed by atoms with Gasteiger partial charge in [0.05, 0.1) is 10.6 Å². The number of benzene rings is 2. The molecule has 0 aliphatic carbocycles. The second-order valence-corrected chi connectivity index (χ2v) is 5.48. The zero-order valence-electron chi connectivity index (χ0n) is 11.1. The molecule has 2 aromatic rings. The average molecular weight is 283 g/mol. The van der Waals surface area contributed by atoms with Crippen molar-refractivity contribution in [2.45, 2.75) is 19.4 Å². The Kier molecular flexibility index (Phi) is 3.62. The predicted molar refractivity (Wildman–Crippen MR) is 82.0 cm³/mol. The summed E-state index contributed by atoms with van der Waals surface area (Å²) in [5.41, 5.74) is 4.44. The number of rotatable bonds is 1. The Balaban J connectivity index is 1.92.